The van der Waals surface area contributed by atoms with Crippen molar-refractivity contribution < 1.29 is 13.5 Å². The maximum atomic E-state index is 12.1. The molecule has 1 aliphatic heterocycles. The molecule has 1 unspecified atom stereocenters. The van der Waals surface area contributed by atoms with E-state index in [0.29, 0.717) is 0 Å². The van der Waals surface area contributed by atoms with Gasteiger partial charge in [-0.15, -0.1) is 0 Å². The molecule has 6 heteroatoms. The van der Waals surface area contributed by atoms with E-state index < -0.39 is 6.61 Å². The molecule has 0 aromatic heterocycles. The van der Waals surface area contributed by atoms with Gasteiger partial charge in [0.15, 0.2) is 0 Å². The van der Waals surface area contributed by atoms with Crippen molar-refractivity contribution >= 4 is 11.6 Å². The number of hydrogen-bond donors (Lipinski definition) is 1. The molecule has 0 radical (unpaired) electrons. The summed E-state index contributed by atoms with van der Waals surface area (Å²) < 4.78 is 28.6. The molecule has 100 valence electrons. The van der Waals surface area contributed by atoms with E-state index in [1.165, 1.54) is 6.07 Å². The van der Waals surface area contributed by atoms with E-state index >= 15 is 0 Å². The molecule has 1 atom stereocenters. The molecule has 0 bridgehead atoms. The van der Waals surface area contributed by atoms with Crippen LogP contribution >= 0.6 is 11.6 Å². The Balaban J connectivity index is 2.17. The summed E-state index contributed by atoms with van der Waals surface area (Å²) >= 11 is 5.94. The van der Waals surface area contributed by atoms with E-state index in [0.717, 1.165) is 25.2 Å². The van der Waals surface area contributed by atoms with Crippen LogP contribution in [0.5, 0.6) is 5.75 Å². The highest BCUT2D eigenvalue weighted by molar-refractivity contribution is 6.32. The summed E-state index contributed by atoms with van der Waals surface area (Å²) in [6.45, 7) is -0.139. The van der Waals surface area contributed by atoms with E-state index in [1.807, 2.05) is 7.05 Å². The lowest BCUT2D eigenvalue weighted by atomic mass is 10.0. The third kappa shape index (κ3) is 3.10. The van der Waals surface area contributed by atoms with Crippen molar-refractivity contribution in [1.82, 2.24) is 10.2 Å². The highest BCUT2D eigenvalue weighted by Crippen LogP contribution is 2.31. The lowest BCUT2D eigenvalue weighted by Gasteiger charge is -2.33. The number of alkyl halides is 2. The lowest BCUT2D eigenvalue weighted by Crippen LogP contribution is -2.43. The number of benzene rings is 1. The van der Waals surface area contributed by atoms with Gasteiger partial charge in [-0.05, 0) is 24.7 Å². The molecule has 1 fully saturated rings. The zero-order valence-electron chi connectivity index (χ0n) is 10.00. The molecule has 0 aliphatic carbocycles. The molecule has 1 N–H and O–H groups in total. The molecule has 0 saturated carbocycles. The number of halogens is 3. The number of piperazine rings is 1. The standard InChI is InChI=1S/C12H15ClF2N2O/c1-17-5-4-16-7-10(17)8-2-3-11(9(13)6-8)18-12(14)15/h2-3,6,10,12,16H,4-5,7H2,1H3. The number of likely N-dealkylation sites (N-methyl/N-ethyl adjacent to an activating group) is 1. The second-order valence-corrected chi connectivity index (χ2v) is 4.68. The molecular weight excluding hydrogens is 262 g/mol. The molecule has 0 amide bonds. The maximum Gasteiger partial charge on any atom is 0.387 e. The van der Waals surface area contributed by atoms with Gasteiger partial charge in [0.2, 0.25) is 0 Å². The van der Waals surface area contributed by atoms with Crippen molar-refractivity contribution in [3.8, 4) is 5.75 Å². The minimum atomic E-state index is -2.85. The Morgan fingerprint density at radius 2 is 2.28 bits per heavy atom. The number of nitrogens with one attached hydrogen (secondary N) is 1. The fraction of sp³-hybridized carbons (Fsp3) is 0.500. The molecule has 3 nitrogen and oxygen atoms in total. The topological polar surface area (TPSA) is 24.5 Å². The van der Waals surface area contributed by atoms with Crippen LogP contribution in [0.4, 0.5) is 8.78 Å². The van der Waals surface area contributed by atoms with Gasteiger partial charge in [0.25, 0.3) is 0 Å². The van der Waals surface area contributed by atoms with Crippen LogP contribution in [0.3, 0.4) is 0 Å². The summed E-state index contributed by atoms with van der Waals surface area (Å²) in [7, 11) is 2.03. The van der Waals surface area contributed by atoms with Gasteiger partial charge in [0, 0.05) is 25.7 Å². The molecule has 1 aromatic carbocycles. The third-order valence-corrected chi connectivity index (χ3v) is 3.36. The first-order chi connectivity index (χ1) is 8.58. The van der Waals surface area contributed by atoms with E-state index in [1.54, 1.807) is 12.1 Å². The Kier molecular flexibility index (Phi) is 4.37. The summed E-state index contributed by atoms with van der Waals surface area (Å²) in [6.07, 6.45) is 0. The Hall–Kier alpha value is -0.910. The molecule has 1 heterocycles. The monoisotopic (exact) mass is 276 g/mol. The summed E-state index contributed by atoms with van der Waals surface area (Å²) in [6, 6.07) is 5.16. The molecule has 0 spiro atoms. The number of ether oxygens (including phenoxy) is 1. The summed E-state index contributed by atoms with van der Waals surface area (Å²) in [4.78, 5) is 2.20. The molecule has 1 saturated heterocycles. The van der Waals surface area contributed by atoms with Gasteiger partial charge in [-0.25, -0.2) is 0 Å². The number of rotatable bonds is 3. The predicted octanol–water partition coefficient (Wildman–Crippen LogP) is 2.52. The smallest absolute Gasteiger partial charge is 0.387 e. The first-order valence-corrected chi connectivity index (χ1v) is 6.11. The Morgan fingerprint density at radius 1 is 1.50 bits per heavy atom. The summed E-state index contributed by atoms with van der Waals surface area (Å²) in [5.74, 6) is 0.0156. The van der Waals surface area contributed by atoms with Crippen molar-refractivity contribution in [1.29, 1.82) is 0 Å². The van der Waals surface area contributed by atoms with Gasteiger partial charge in [0.1, 0.15) is 5.75 Å². The minimum absolute atomic E-state index is 0.0156. The van der Waals surface area contributed by atoms with Gasteiger partial charge in [0.05, 0.1) is 5.02 Å². The average molecular weight is 277 g/mol. The van der Waals surface area contributed by atoms with Crippen LogP contribution in [0, 0.1) is 0 Å². The quantitative estimate of drug-likeness (QED) is 0.918. The summed E-state index contributed by atoms with van der Waals surface area (Å²) in [5.41, 5.74) is 0.997. The van der Waals surface area contributed by atoms with Crippen molar-refractivity contribution in [2.45, 2.75) is 12.7 Å². The fourth-order valence-corrected chi connectivity index (χ4v) is 2.33. The second-order valence-electron chi connectivity index (χ2n) is 4.27. The van der Waals surface area contributed by atoms with Gasteiger partial charge in [-0.2, -0.15) is 8.78 Å². The Morgan fingerprint density at radius 3 is 2.89 bits per heavy atom. The largest absolute Gasteiger partial charge is 0.433 e. The zero-order valence-corrected chi connectivity index (χ0v) is 10.8. The predicted molar refractivity (Wildman–Crippen MR) is 66.3 cm³/mol. The zero-order chi connectivity index (χ0) is 13.1. The van der Waals surface area contributed by atoms with Crippen molar-refractivity contribution in [3.05, 3.63) is 28.8 Å². The van der Waals surface area contributed by atoms with Gasteiger partial charge >= 0.3 is 6.61 Å². The van der Waals surface area contributed by atoms with Crippen LogP contribution in [0.15, 0.2) is 18.2 Å². The molecular formula is C12H15ClF2N2O. The van der Waals surface area contributed by atoms with E-state index in [-0.39, 0.29) is 16.8 Å². The van der Waals surface area contributed by atoms with Crippen LogP contribution in [-0.2, 0) is 0 Å². The highest BCUT2D eigenvalue weighted by Gasteiger charge is 2.21. The van der Waals surface area contributed by atoms with Gasteiger partial charge in [-0.1, -0.05) is 17.7 Å². The van der Waals surface area contributed by atoms with E-state index in [4.69, 9.17) is 11.6 Å². The molecule has 2 rings (SSSR count). The summed E-state index contributed by atoms with van der Waals surface area (Å²) in [5, 5.41) is 3.51. The second kappa shape index (κ2) is 5.82. The van der Waals surface area contributed by atoms with E-state index in [2.05, 4.69) is 15.0 Å². The first-order valence-electron chi connectivity index (χ1n) is 5.73. The average Bonchev–Trinajstić information content (AvgIpc) is 2.32. The normalized spacial score (nSPS) is 21.3. The fourth-order valence-electron chi connectivity index (χ4n) is 2.09. The molecule has 18 heavy (non-hydrogen) atoms. The van der Waals surface area contributed by atoms with Crippen LogP contribution in [-0.4, -0.2) is 38.2 Å². The lowest BCUT2D eigenvalue weighted by molar-refractivity contribution is -0.0498. The Bertz CT molecular complexity index is 417. The third-order valence-electron chi connectivity index (χ3n) is 3.07. The Labute approximate surface area is 110 Å². The van der Waals surface area contributed by atoms with Crippen LogP contribution < -0.4 is 10.1 Å². The molecule has 1 aromatic rings. The van der Waals surface area contributed by atoms with Crippen LogP contribution in [0.25, 0.3) is 0 Å². The van der Waals surface area contributed by atoms with E-state index in [9.17, 15) is 8.78 Å². The van der Waals surface area contributed by atoms with Crippen LogP contribution in [0.2, 0.25) is 5.02 Å². The van der Waals surface area contributed by atoms with Crippen molar-refractivity contribution in [2.24, 2.45) is 0 Å². The minimum Gasteiger partial charge on any atom is -0.433 e. The van der Waals surface area contributed by atoms with Crippen molar-refractivity contribution in [3.63, 3.8) is 0 Å². The SMILES string of the molecule is CN1CCNCC1c1ccc(OC(F)F)c(Cl)c1. The number of hydrogen-bond acceptors (Lipinski definition) is 3. The highest BCUT2D eigenvalue weighted by atomic mass is 35.5. The van der Waals surface area contributed by atoms with Crippen LogP contribution in [0.1, 0.15) is 11.6 Å². The van der Waals surface area contributed by atoms with Gasteiger partial charge < -0.3 is 10.1 Å². The van der Waals surface area contributed by atoms with Crippen molar-refractivity contribution in [2.75, 3.05) is 26.7 Å². The molecule has 1 aliphatic rings. The first kappa shape index (κ1) is 13.5. The maximum absolute atomic E-state index is 12.1. The number of nitrogens with zero attached hydrogens (tertiary/aromatic N) is 1. The van der Waals surface area contributed by atoms with Gasteiger partial charge in [-0.3, -0.25) is 4.90 Å².